The van der Waals surface area contributed by atoms with E-state index in [1.807, 2.05) is 25.3 Å². The van der Waals surface area contributed by atoms with Gasteiger partial charge in [0, 0.05) is 30.2 Å². The first kappa shape index (κ1) is 22.2. The fourth-order valence-electron chi connectivity index (χ4n) is 3.50. The number of rotatable bonds is 7. The summed E-state index contributed by atoms with van der Waals surface area (Å²) in [6, 6.07) is 13.7. The lowest BCUT2D eigenvalue weighted by Crippen LogP contribution is -2.40. The quantitative estimate of drug-likeness (QED) is 0.618. The van der Waals surface area contributed by atoms with E-state index < -0.39 is 0 Å². The molecule has 2 aromatic carbocycles. The number of amides is 2. The number of benzene rings is 2. The van der Waals surface area contributed by atoms with Crippen molar-refractivity contribution in [2.24, 2.45) is 0 Å². The highest BCUT2D eigenvalue weighted by Crippen LogP contribution is 2.22. The minimum atomic E-state index is -0.337. The van der Waals surface area contributed by atoms with Gasteiger partial charge in [-0.1, -0.05) is 12.1 Å². The molecular weight excluding hydrogens is 400 g/mol. The second-order valence-corrected chi connectivity index (χ2v) is 7.32. The van der Waals surface area contributed by atoms with Gasteiger partial charge in [-0.15, -0.1) is 0 Å². The summed E-state index contributed by atoms with van der Waals surface area (Å²) in [5.41, 5.74) is 3.58. The van der Waals surface area contributed by atoms with Crippen molar-refractivity contribution < 1.29 is 18.4 Å². The highest BCUT2D eigenvalue weighted by molar-refractivity contribution is 5.98. The molecule has 3 rings (SSSR count). The molecule has 3 aromatic rings. The molecule has 0 spiro atoms. The van der Waals surface area contributed by atoms with Gasteiger partial charge < -0.3 is 14.8 Å². The zero-order chi connectivity index (χ0) is 22.5. The Morgan fingerprint density at radius 2 is 1.55 bits per heavy atom. The lowest BCUT2D eigenvalue weighted by atomic mass is 10.2. The molecule has 0 saturated carbocycles. The number of hydrogen-bond acceptors (Lipinski definition) is 2. The standard InChI is InChI=1S/C24H25F2N3O2/c1-4-28(15-23(30)27-14-18-5-7-19(25)8-6-18)24(31)22-13-16(2)29(17(22)3)21-11-9-20(26)10-12-21/h5-13H,4,14-15H2,1-3H3,(H,27,30). The molecule has 1 N–H and O–H groups in total. The summed E-state index contributed by atoms with van der Waals surface area (Å²) in [5.74, 6) is -1.21. The average molecular weight is 425 g/mol. The Morgan fingerprint density at radius 1 is 0.968 bits per heavy atom. The zero-order valence-electron chi connectivity index (χ0n) is 17.8. The number of nitrogens with one attached hydrogen (secondary N) is 1. The van der Waals surface area contributed by atoms with E-state index in [1.54, 1.807) is 30.3 Å². The minimum absolute atomic E-state index is 0.0866. The number of hydrogen-bond donors (Lipinski definition) is 1. The second-order valence-electron chi connectivity index (χ2n) is 7.32. The van der Waals surface area contributed by atoms with Gasteiger partial charge in [-0.25, -0.2) is 8.78 Å². The van der Waals surface area contributed by atoms with Gasteiger partial charge in [0.2, 0.25) is 5.91 Å². The predicted octanol–water partition coefficient (Wildman–Crippen LogP) is 4.15. The first-order valence-electron chi connectivity index (χ1n) is 10.1. The molecule has 5 nitrogen and oxygen atoms in total. The molecule has 0 radical (unpaired) electrons. The minimum Gasteiger partial charge on any atom is -0.350 e. The number of nitrogens with zero attached hydrogens (tertiary/aromatic N) is 2. The predicted molar refractivity (Wildman–Crippen MR) is 115 cm³/mol. The molecule has 0 fully saturated rings. The van der Waals surface area contributed by atoms with Crippen molar-refractivity contribution in [2.75, 3.05) is 13.1 Å². The van der Waals surface area contributed by atoms with Gasteiger partial charge in [0.15, 0.2) is 0 Å². The third kappa shape index (κ3) is 5.17. The molecule has 31 heavy (non-hydrogen) atoms. The third-order valence-corrected chi connectivity index (χ3v) is 5.15. The lowest BCUT2D eigenvalue weighted by Gasteiger charge is -2.20. The topological polar surface area (TPSA) is 54.3 Å². The van der Waals surface area contributed by atoms with Crippen LogP contribution in [0.3, 0.4) is 0 Å². The fourth-order valence-corrected chi connectivity index (χ4v) is 3.50. The van der Waals surface area contributed by atoms with Crippen molar-refractivity contribution in [1.29, 1.82) is 0 Å². The lowest BCUT2D eigenvalue weighted by molar-refractivity contribution is -0.121. The Morgan fingerprint density at radius 3 is 2.13 bits per heavy atom. The number of aromatic nitrogens is 1. The Hall–Kier alpha value is -3.48. The summed E-state index contributed by atoms with van der Waals surface area (Å²) in [5, 5.41) is 2.76. The van der Waals surface area contributed by atoms with Gasteiger partial charge in [-0.3, -0.25) is 9.59 Å². The number of carbonyl (C=O) groups excluding carboxylic acids is 2. The largest absolute Gasteiger partial charge is 0.350 e. The molecule has 0 aliphatic carbocycles. The summed E-state index contributed by atoms with van der Waals surface area (Å²) in [6.45, 7) is 6.04. The van der Waals surface area contributed by atoms with Crippen molar-refractivity contribution in [2.45, 2.75) is 27.3 Å². The van der Waals surface area contributed by atoms with Crippen LogP contribution in [0, 0.1) is 25.5 Å². The molecule has 0 unspecified atom stereocenters. The van der Waals surface area contributed by atoms with Gasteiger partial charge >= 0.3 is 0 Å². The molecule has 0 aliphatic heterocycles. The Bertz CT molecular complexity index is 1070. The van der Waals surface area contributed by atoms with Crippen LogP contribution in [0.4, 0.5) is 8.78 Å². The van der Waals surface area contributed by atoms with Crippen molar-refractivity contribution in [3.8, 4) is 5.69 Å². The third-order valence-electron chi connectivity index (χ3n) is 5.15. The molecule has 0 aliphatic rings. The van der Waals surface area contributed by atoms with E-state index in [2.05, 4.69) is 5.32 Å². The maximum atomic E-state index is 13.3. The van der Waals surface area contributed by atoms with E-state index in [-0.39, 0.29) is 36.5 Å². The molecule has 0 atom stereocenters. The maximum absolute atomic E-state index is 13.3. The Kier molecular flexibility index (Phi) is 6.84. The van der Waals surface area contributed by atoms with Crippen molar-refractivity contribution >= 4 is 11.8 Å². The van der Waals surface area contributed by atoms with E-state index in [1.165, 1.54) is 29.2 Å². The highest BCUT2D eigenvalue weighted by Gasteiger charge is 2.22. The molecule has 0 saturated heterocycles. The molecule has 1 heterocycles. The summed E-state index contributed by atoms with van der Waals surface area (Å²) in [7, 11) is 0. The number of halogens is 2. The summed E-state index contributed by atoms with van der Waals surface area (Å²) in [6.07, 6.45) is 0. The van der Waals surface area contributed by atoms with Gasteiger partial charge in [0.1, 0.15) is 11.6 Å². The van der Waals surface area contributed by atoms with Crippen LogP contribution in [0.1, 0.15) is 34.2 Å². The first-order chi connectivity index (χ1) is 14.8. The van der Waals surface area contributed by atoms with Crippen LogP contribution < -0.4 is 5.32 Å². The van der Waals surface area contributed by atoms with E-state index in [0.29, 0.717) is 12.1 Å². The van der Waals surface area contributed by atoms with Crippen molar-refractivity contribution in [3.05, 3.63) is 88.7 Å². The first-order valence-corrected chi connectivity index (χ1v) is 10.1. The number of carbonyl (C=O) groups is 2. The summed E-state index contributed by atoms with van der Waals surface area (Å²) in [4.78, 5) is 27.0. The maximum Gasteiger partial charge on any atom is 0.256 e. The van der Waals surface area contributed by atoms with Crippen LogP contribution in [0.25, 0.3) is 5.69 Å². The van der Waals surface area contributed by atoms with Crippen LogP contribution in [-0.2, 0) is 11.3 Å². The van der Waals surface area contributed by atoms with Crippen LogP contribution in [-0.4, -0.2) is 34.4 Å². The second kappa shape index (κ2) is 9.55. The van der Waals surface area contributed by atoms with E-state index in [9.17, 15) is 18.4 Å². The fraction of sp³-hybridized carbons (Fsp3) is 0.250. The van der Waals surface area contributed by atoms with Crippen molar-refractivity contribution in [1.82, 2.24) is 14.8 Å². The molecule has 7 heteroatoms. The average Bonchev–Trinajstić information content (AvgIpc) is 3.05. The van der Waals surface area contributed by atoms with Gasteiger partial charge in [0.25, 0.3) is 5.91 Å². The van der Waals surface area contributed by atoms with Crippen LogP contribution in [0.15, 0.2) is 54.6 Å². The molecule has 2 amide bonds. The van der Waals surface area contributed by atoms with Gasteiger partial charge in [-0.2, -0.15) is 0 Å². The van der Waals surface area contributed by atoms with Gasteiger partial charge in [0.05, 0.1) is 12.1 Å². The summed E-state index contributed by atoms with van der Waals surface area (Å²) >= 11 is 0. The number of aryl methyl sites for hydroxylation is 1. The SMILES string of the molecule is CCN(CC(=O)NCc1ccc(F)cc1)C(=O)c1cc(C)n(-c2ccc(F)cc2)c1C. The normalized spacial score (nSPS) is 10.7. The summed E-state index contributed by atoms with van der Waals surface area (Å²) < 4.78 is 28.2. The van der Waals surface area contributed by atoms with Crippen LogP contribution >= 0.6 is 0 Å². The Labute approximate surface area is 180 Å². The van der Waals surface area contributed by atoms with Crippen LogP contribution in [0.5, 0.6) is 0 Å². The molecule has 0 bridgehead atoms. The smallest absolute Gasteiger partial charge is 0.256 e. The highest BCUT2D eigenvalue weighted by atomic mass is 19.1. The van der Waals surface area contributed by atoms with E-state index >= 15 is 0 Å². The Balaban J connectivity index is 1.71. The monoisotopic (exact) mass is 425 g/mol. The van der Waals surface area contributed by atoms with Crippen LogP contribution in [0.2, 0.25) is 0 Å². The number of likely N-dealkylation sites (N-methyl/N-ethyl adjacent to an activating group) is 1. The molecular formula is C24H25F2N3O2. The molecule has 1 aromatic heterocycles. The van der Waals surface area contributed by atoms with Gasteiger partial charge in [-0.05, 0) is 68.8 Å². The van der Waals surface area contributed by atoms with E-state index in [4.69, 9.17) is 0 Å². The molecule has 162 valence electrons. The van der Waals surface area contributed by atoms with E-state index in [0.717, 1.165) is 22.6 Å². The zero-order valence-corrected chi connectivity index (χ0v) is 17.8. The van der Waals surface area contributed by atoms with Crippen molar-refractivity contribution in [3.63, 3.8) is 0 Å².